The Bertz CT molecular complexity index is 482. The van der Waals surface area contributed by atoms with Crippen LogP contribution in [0.3, 0.4) is 0 Å². The number of carbonyl (C=O) groups is 1. The minimum absolute atomic E-state index is 0.259. The van der Waals surface area contributed by atoms with Crippen molar-refractivity contribution in [3.63, 3.8) is 0 Å². The van der Waals surface area contributed by atoms with Crippen molar-refractivity contribution in [2.24, 2.45) is 11.3 Å². The lowest BCUT2D eigenvalue weighted by Crippen LogP contribution is -2.34. The van der Waals surface area contributed by atoms with Crippen LogP contribution in [0.2, 0.25) is 4.34 Å². The van der Waals surface area contributed by atoms with Crippen LogP contribution < -0.4 is 5.32 Å². The summed E-state index contributed by atoms with van der Waals surface area (Å²) in [6, 6.07) is 3.90. The minimum Gasteiger partial charge on any atom is -0.340 e. The zero-order valence-electron chi connectivity index (χ0n) is 11.1. The van der Waals surface area contributed by atoms with Crippen LogP contribution in [-0.4, -0.2) is 30.9 Å². The molecule has 19 heavy (non-hydrogen) atoms. The quantitative estimate of drug-likeness (QED) is 0.930. The van der Waals surface area contributed by atoms with E-state index in [0.717, 1.165) is 41.6 Å². The molecule has 1 saturated carbocycles. The molecule has 1 atom stereocenters. The second-order valence-electron chi connectivity index (χ2n) is 5.77. The fourth-order valence-corrected chi connectivity index (χ4v) is 4.33. The normalized spacial score (nSPS) is 24.4. The molecule has 0 aromatic carbocycles. The zero-order chi connectivity index (χ0) is 13.5. The van der Waals surface area contributed by atoms with E-state index in [-0.39, 0.29) is 5.92 Å². The van der Waals surface area contributed by atoms with Gasteiger partial charge in [-0.25, -0.2) is 0 Å². The summed E-state index contributed by atoms with van der Waals surface area (Å²) in [5.41, 5.74) is 0.323. The summed E-state index contributed by atoms with van der Waals surface area (Å²) in [4.78, 5) is 15.5. The third-order valence-corrected chi connectivity index (χ3v) is 5.70. The fourth-order valence-electron chi connectivity index (χ4n) is 3.19. The number of rotatable bonds is 3. The first-order chi connectivity index (χ1) is 9.11. The summed E-state index contributed by atoms with van der Waals surface area (Å²) in [6.45, 7) is 2.81. The number of thiophene rings is 1. The molecule has 0 radical (unpaired) electrons. The maximum absolute atomic E-state index is 12.5. The van der Waals surface area contributed by atoms with Crippen LogP contribution in [0, 0.1) is 11.3 Å². The number of piperidine rings is 1. The molecule has 1 saturated heterocycles. The van der Waals surface area contributed by atoms with Gasteiger partial charge < -0.3 is 10.2 Å². The molecule has 1 N–H and O–H groups in total. The average molecular weight is 299 g/mol. The van der Waals surface area contributed by atoms with Gasteiger partial charge >= 0.3 is 0 Å². The van der Waals surface area contributed by atoms with E-state index in [1.807, 2.05) is 24.1 Å². The van der Waals surface area contributed by atoms with Crippen molar-refractivity contribution in [3.8, 4) is 0 Å². The van der Waals surface area contributed by atoms with E-state index in [1.165, 1.54) is 0 Å². The van der Waals surface area contributed by atoms with E-state index in [0.29, 0.717) is 17.9 Å². The Balaban J connectivity index is 1.59. The number of nitrogens with zero attached hydrogens (tertiary/aromatic N) is 1. The molecule has 1 unspecified atom stereocenters. The highest BCUT2D eigenvalue weighted by Gasteiger charge is 2.58. The molecule has 3 nitrogen and oxygen atoms in total. The zero-order valence-corrected chi connectivity index (χ0v) is 12.7. The van der Waals surface area contributed by atoms with E-state index in [4.69, 9.17) is 11.6 Å². The molecule has 2 fully saturated rings. The van der Waals surface area contributed by atoms with Gasteiger partial charge in [0.25, 0.3) is 0 Å². The molecule has 5 heteroatoms. The Morgan fingerprint density at radius 2 is 2.26 bits per heavy atom. The first-order valence-electron chi connectivity index (χ1n) is 6.81. The highest BCUT2D eigenvalue weighted by Crippen LogP contribution is 2.59. The van der Waals surface area contributed by atoms with Gasteiger partial charge in [0.05, 0.1) is 10.9 Å². The summed E-state index contributed by atoms with van der Waals surface area (Å²) < 4.78 is 0.789. The predicted octanol–water partition coefficient (Wildman–Crippen LogP) is 2.75. The third-order valence-electron chi connectivity index (χ3n) is 4.49. The number of hydrogen-bond donors (Lipinski definition) is 1. The van der Waals surface area contributed by atoms with E-state index >= 15 is 0 Å². The standard InChI is InChI=1S/C14H19ClN2OS/c1-17(9-10-2-3-12(15)19-10)13(18)11-8-14(11)4-6-16-7-5-14/h2-3,11,16H,4-9H2,1H3. The lowest BCUT2D eigenvalue weighted by Gasteiger charge is -2.25. The molecule has 3 rings (SSSR count). The molecule has 104 valence electrons. The maximum Gasteiger partial charge on any atom is 0.226 e. The summed E-state index contributed by atoms with van der Waals surface area (Å²) in [6.07, 6.45) is 3.40. The van der Waals surface area contributed by atoms with Crippen LogP contribution in [0.25, 0.3) is 0 Å². The molecular formula is C14H19ClN2OS. The Morgan fingerprint density at radius 3 is 2.89 bits per heavy atom. The molecular weight excluding hydrogens is 280 g/mol. The SMILES string of the molecule is CN(Cc1ccc(Cl)s1)C(=O)C1CC12CCNCC2. The first-order valence-corrected chi connectivity index (χ1v) is 8.00. The molecule has 2 heterocycles. The van der Waals surface area contributed by atoms with Gasteiger partial charge in [0, 0.05) is 17.8 Å². The lowest BCUT2D eigenvalue weighted by molar-refractivity contribution is -0.132. The molecule has 1 spiro atoms. The summed E-state index contributed by atoms with van der Waals surface area (Å²) in [5, 5.41) is 3.37. The van der Waals surface area contributed by atoms with Crippen LogP contribution in [0.5, 0.6) is 0 Å². The van der Waals surface area contributed by atoms with Gasteiger partial charge in [-0.05, 0) is 49.9 Å². The van der Waals surface area contributed by atoms with Crippen molar-refractivity contribution in [2.75, 3.05) is 20.1 Å². The fraction of sp³-hybridized carbons (Fsp3) is 0.643. The van der Waals surface area contributed by atoms with Crippen molar-refractivity contribution in [1.29, 1.82) is 0 Å². The van der Waals surface area contributed by atoms with Crippen LogP contribution in [0.1, 0.15) is 24.1 Å². The smallest absolute Gasteiger partial charge is 0.226 e. The topological polar surface area (TPSA) is 32.3 Å². The minimum atomic E-state index is 0.259. The number of nitrogens with one attached hydrogen (secondary N) is 1. The van der Waals surface area contributed by atoms with Crippen LogP contribution in [-0.2, 0) is 11.3 Å². The maximum atomic E-state index is 12.5. The van der Waals surface area contributed by atoms with E-state index in [1.54, 1.807) is 11.3 Å². The van der Waals surface area contributed by atoms with E-state index in [2.05, 4.69) is 5.32 Å². The average Bonchev–Trinajstić information content (AvgIpc) is 2.92. The van der Waals surface area contributed by atoms with Gasteiger partial charge in [-0.15, -0.1) is 11.3 Å². The molecule has 1 aliphatic heterocycles. The third kappa shape index (κ3) is 2.67. The number of hydrogen-bond acceptors (Lipinski definition) is 3. The first kappa shape index (κ1) is 13.4. The number of amides is 1. The van der Waals surface area contributed by atoms with Gasteiger partial charge in [0.1, 0.15) is 0 Å². The second-order valence-corrected chi connectivity index (χ2v) is 7.57. The van der Waals surface area contributed by atoms with Gasteiger partial charge in [-0.1, -0.05) is 11.6 Å². The Kier molecular flexibility index (Phi) is 3.58. The lowest BCUT2D eigenvalue weighted by atomic mass is 9.91. The molecule has 0 bridgehead atoms. The highest BCUT2D eigenvalue weighted by atomic mass is 35.5. The summed E-state index contributed by atoms with van der Waals surface area (Å²) >= 11 is 7.48. The molecule has 1 aromatic rings. The predicted molar refractivity (Wildman–Crippen MR) is 78.4 cm³/mol. The Hall–Kier alpha value is -0.580. The Labute approximate surface area is 122 Å². The van der Waals surface area contributed by atoms with E-state index in [9.17, 15) is 4.79 Å². The number of halogens is 1. The summed E-state index contributed by atoms with van der Waals surface area (Å²) in [5.74, 6) is 0.571. The van der Waals surface area contributed by atoms with E-state index < -0.39 is 0 Å². The van der Waals surface area contributed by atoms with Gasteiger partial charge in [-0.2, -0.15) is 0 Å². The van der Waals surface area contributed by atoms with Crippen molar-refractivity contribution < 1.29 is 4.79 Å². The van der Waals surface area contributed by atoms with Crippen molar-refractivity contribution >= 4 is 28.8 Å². The highest BCUT2D eigenvalue weighted by molar-refractivity contribution is 7.16. The van der Waals surface area contributed by atoms with Crippen molar-refractivity contribution in [1.82, 2.24) is 10.2 Å². The van der Waals surface area contributed by atoms with Crippen LogP contribution in [0.15, 0.2) is 12.1 Å². The molecule has 1 aliphatic carbocycles. The second kappa shape index (κ2) is 5.08. The van der Waals surface area contributed by atoms with Crippen molar-refractivity contribution in [2.45, 2.75) is 25.8 Å². The van der Waals surface area contributed by atoms with Crippen LogP contribution in [0.4, 0.5) is 0 Å². The molecule has 1 amide bonds. The van der Waals surface area contributed by atoms with Gasteiger partial charge in [0.2, 0.25) is 5.91 Å². The summed E-state index contributed by atoms with van der Waals surface area (Å²) in [7, 11) is 1.91. The van der Waals surface area contributed by atoms with Gasteiger partial charge in [0.15, 0.2) is 0 Å². The number of carbonyl (C=O) groups excluding carboxylic acids is 1. The van der Waals surface area contributed by atoms with Gasteiger partial charge in [-0.3, -0.25) is 4.79 Å². The van der Waals surface area contributed by atoms with Crippen molar-refractivity contribution in [3.05, 3.63) is 21.3 Å². The molecule has 2 aliphatic rings. The monoisotopic (exact) mass is 298 g/mol. The van der Waals surface area contributed by atoms with Crippen LogP contribution >= 0.6 is 22.9 Å². The Morgan fingerprint density at radius 1 is 1.53 bits per heavy atom. The largest absolute Gasteiger partial charge is 0.340 e. The molecule has 1 aromatic heterocycles.